The minimum atomic E-state index is -0.125. The smallest absolute Gasteiger partial charge is 0.0662 e. The number of aliphatic hydroxyl groups excluding tert-OH is 2. The maximum atomic E-state index is 7.62. The molecule has 2 nitrogen and oxygen atoms in total. The second-order valence-corrected chi connectivity index (χ2v) is 2.20. The number of hydrogen-bond acceptors (Lipinski definition) is 2. The SMILES string of the molecule is C1=CCCCC1.OCCO. The van der Waals surface area contributed by atoms with E-state index in [4.69, 9.17) is 10.2 Å². The zero-order valence-electron chi connectivity index (χ0n) is 6.29. The van der Waals surface area contributed by atoms with E-state index in [9.17, 15) is 0 Å². The lowest BCUT2D eigenvalue weighted by atomic mass is 10.1. The average Bonchev–Trinajstić information content (AvgIpc) is 2.08. The molecular weight excluding hydrogens is 128 g/mol. The summed E-state index contributed by atoms with van der Waals surface area (Å²) in [6.07, 6.45) is 10.0. The standard InChI is InChI=1S/C6H10.C2H6O2/c1-2-4-6-5-3-1;3-1-2-4/h1-2H,3-6H2;3-4H,1-2H2. The summed E-state index contributed by atoms with van der Waals surface area (Å²) in [4.78, 5) is 0. The molecule has 0 radical (unpaired) electrons. The van der Waals surface area contributed by atoms with Gasteiger partial charge in [-0.1, -0.05) is 12.2 Å². The molecule has 2 heteroatoms. The van der Waals surface area contributed by atoms with E-state index < -0.39 is 0 Å². The second-order valence-electron chi connectivity index (χ2n) is 2.20. The lowest BCUT2D eigenvalue weighted by molar-refractivity contribution is 0.186. The number of rotatable bonds is 1. The summed E-state index contributed by atoms with van der Waals surface area (Å²) in [5.74, 6) is 0. The van der Waals surface area contributed by atoms with E-state index in [0.29, 0.717) is 0 Å². The fraction of sp³-hybridized carbons (Fsp3) is 0.750. The Morgan fingerprint density at radius 2 is 1.30 bits per heavy atom. The number of allylic oxidation sites excluding steroid dienone is 2. The maximum Gasteiger partial charge on any atom is 0.0662 e. The molecule has 0 bridgehead atoms. The third kappa shape index (κ3) is 7.66. The molecule has 0 saturated heterocycles. The van der Waals surface area contributed by atoms with Crippen molar-refractivity contribution >= 4 is 0 Å². The Bertz CT molecular complexity index is 69.3. The van der Waals surface area contributed by atoms with Gasteiger partial charge in [0.05, 0.1) is 13.2 Å². The molecule has 1 aliphatic carbocycles. The summed E-state index contributed by atoms with van der Waals surface area (Å²) in [6.45, 7) is -0.250. The second kappa shape index (κ2) is 8.66. The van der Waals surface area contributed by atoms with Gasteiger partial charge in [0.15, 0.2) is 0 Å². The van der Waals surface area contributed by atoms with Crippen LogP contribution in [0.1, 0.15) is 25.7 Å². The number of aliphatic hydroxyl groups is 2. The van der Waals surface area contributed by atoms with E-state index in [0.717, 1.165) is 0 Å². The van der Waals surface area contributed by atoms with Crippen LogP contribution >= 0.6 is 0 Å². The predicted octanol–water partition coefficient (Wildman–Crippen LogP) is 1.09. The van der Waals surface area contributed by atoms with Crippen molar-refractivity contribution in [3.05, 3.63) is 12.2 Å². The fourth-order valence-corrected chi connectivity index (χ4v) is 0.760. The van der Waals surface area contributed by atoms with Crippen molar-refractivity contribution < 1.29 is 10.2 Å². The highest BCUT2D eigenvalue weighted by Gasteiger charge is 1.87. The van der Waals surface area contributed by atoms with Crippen LogP contribution in [0.25, 0.3) is 0 Å². The molecule has 10 heavy (non-hydrogen) atoms. The quantitative estimate of drug-likeness (QED) is 0.541. The van der Waals surface area contributed by atoms with Gasteiger partial charge in [-0.3, -0.25) is 0 Å². The Kier molecular flexibility index (Phi) is 8.37. The normalized spacial score (nSPS) is 15.8. The van der Waals surface area contributed by atoms with Crippen LogP contribution in [0.15, 0.2) is 12.2 Å². The Hall–Kier alpha value is -0.340. The van der Waals surface area contributed by atoms with Crippen molar-refractivity contribution in [3.8, 4) is 0 Å². The molecule has 60 valence electrons. The predicted molar refractivity (Wildman–Crippen MR) is 41.8 cm³/mol. The molecule has 0 unspecified atom stereocenters. The van der Waals surface area contributed by atoms with E-state index in [1.807, 2.05) is 0 Å². The monoisotopic (exact) mass is 144 g/mol. The van der Waals surface area contributed by atoms with Crippen LogP contribution in [0, 0.1) is 0 Å². The van der Waals surface area contributed by atoms with E-state index in [2.05, 4.69) is 12.2 Å². The van der Waals surface area contributed by atoms with Crippen molar-refractivity contribution in [3.63, 3.8) is 0 Å². The molecule has 0 amide bonds. The molecule has 1 aliphatic rings. The molecular formula is C8H16O2. The van der Waals surface area contributed by atoms with Crippen LogP contribution in [0.2, 0.25) is 0 Å². The highest BCUT2D eigenvalue weighted by Crippen LogP contribution is 2.07. The first kappa shape index (κ1) is 9.66. The first-order valence-electron chi connectivity index (χ1n) is 3.78. The molecule has 0 atom stereocenters. The van der Waals surface area contributed by atoms with Gasteiger partial charge in [0.2, 0.25) is 0 Å². The molecule has 0 aromatic heterocycles. The van der Waals surface area contributed by atoms with Crippen LogP contribution < -0.4 is 0 Å². The topological polar surface area (TPSA) is 40.5 Å². The molecule has 0 spiro atoms. The van der Waals surface area contributed by atoms with Crippen LogP contribution in [0.3, 0.4) is 0 Å². The first-order chi connectivity index (χ1) is 4.91. The molecule has 1 rings (SSSR count). The minimum Gasteiger partial charge on any atom is -0.394 e. The first-order valence-corrected chi connectivity index (χ1v) is 3.78. The molecule has 2 N–H and O–H groups in total. The lowest BCUT2D eigenvalue weighted by Gasteiger charge is -1.97. The Balaban J connectivity index is 0.000000180. The Morgan fingerprint density at radius 3 is 1.40 bits per heavy atom. The van der Waals surface area contributed by atoms with Gasteiger partial charge in [-0.2, -0.15) is 0 Å². The van der Waals surface area contributed by atoms with E-state index in [1.54, 1.807) is 0 Å². The highest BCUT2D eigenvalue weighted by atomic mass is 16.3. The van der Waals surface area contributed by atoms with Crippen molar-refractivity contribution in [1.82, 2.24) is 0 Å². The minimum absolute atomic E-state index is 0.125. The fourth-order valence-electron chi connectivity index (χ4n) is 0.760. The van der Waals surface area contributed by atoms with E-state index in [-0.39, 0.29) is 13.2 Å². The molecule has 0 heterocycles. The van der Waals surface area contributed by atoms with Crippen LogP contribution in [-0.2, 0) is 0 Å². The van der Waals surface area contributed by atoms with Crippen molar-refractivity contribution in [2.75, 3.05) is 13.2 Å². The summed E-state index contributed by atoms with van der Waals surface area (Å²) in [5.41, 5.74) is 0. The van der Waals surface area contributed by atoms with Crippen LogP contribution in [0.5, 0.6) is 0 Å². The Morgan fingerprint density at radius 1 is 0.900 bits per heavy atom. The van der Waals surface area contributed by atoms with Gasteiger partial charge in [0.25, 0.3) is 0 Å². The molecule has 0 fully saturated rings. The third-order valence-electron chi connectivity index (χ3n) is 1.26. The van der Waals surface area contributed by atoms with Gasteiger partial charge >= 0.3 is 0 Å². The summed E-state index contributed by atoms with van der Waals surface area (Å²) in [7, 11) is 0. The highest BCUT2D eigenvalue weighted by molar-refractivity contribution is 4.85. The van der Waals surface area contributed by atoms with Crippen LogP contribution in [0.4, 0.5) is 0 Å². The van der Waals surface area contributed by atoms with Gasteiger partial charge in [0.1, 0.15) is 0 Å². The summed E-state index contributed by atoms with van der Waals surface area (Å²) in [6, 6.07) is 0. The maximum absolute atomic E-state index is 7.62. The van der Waals surface area contributed by atoms with Gasteiger partial charge in [-0.15, -0.1) is 0 Å². The van der Waals surface area contributed by atoms with Crippen LogP contribution in [-0.4, -0.2) is 23.4 Å². The molecule has 0 saturated carbocycles. The van der Waals surface area contributed by atoms with Crippen molar-refractivity contribution in [1.29, 1.82) is 0 Å². The lowest BCUT2D eigenvalue weighted by Crippen LogP contribution is -1.85. The van der Waals surface area contributed by atoms with Crippen molar-refractivity contribution in [2.24, 2.45) is 0 Å². The van der Waals surface area contributed by atoms with Gasteiger partial charge in [-0.05, 0) is 25.7 Å². The zero-order valence-corrected chi connectivity index (χ0v) is 6.29. The molecule has 0 aromatic rings. The van der Waals surface area contributed by atoms with E-state index >= 15 is 0 Å². The average molecular weight is 144 g/mol. The summed E-state index contributed by atoms with van der Waals surface area (Å²) >= 11 is 0. The molecule has 0 aliphatic heterocycles. The van der Waals surface area contributed by atoms with Gasteiger partial charge in [0, 0.05) is 0 Å². The summed E-state index contributed by atoms with van der Waals surface area (Å²) in [5, 5.41) is 15.2. The van der Waals surface area contributed by atoms with Gasteiger partial charge in [-0.25, -0.2) is 0 Å². The Labute approximate surface area is 62.2 Å². The van der Waals surface area contributed by atoms with E-state index in [1.165, 1.54) is 25.7 Å². The largest absolute Gasteiger partial charge is 0.394 e. The zero-order chi connectivity index (χ0) is 7.66. The summed E-state index contributed by atoms with van der Waals surface area (Å²) < 4.78 is 0. The van der Waals surface area contributed by atoms with Crippen molar-refractivity contribution in [2.45, 2.75) is 25.7 Å². The molecule has 0 aromatic carbocycles. The number of hydrogen-bond donors (Lipinski definition) is 2. The van der Waals surface area contributed by atoms with Gasteiger partial charge < -0.3 is 10.2 Å². The third-order valence-corrected chi connectivity index (χ3v) is 1.26.